The van der Waals surface area contributed by atoms with E-state index in [9.17, 15) is 4.79 Å². The van der Waals surface area contributed by atoms with Gasteiger partial charge in [0.1, 0.15) is 0 Å². The summed E-state index contributed by atoms with van der Waals surface area (Å²) < 4.78 is 0. The van der Waals surface area contributed by atoms with Gasteiger partial charge in [-0.2, -0.15) is 0 Å². The van der Waals surface area contributed by atoms with Gasteiger partial charge < -0.3 is 20.6 Å². The Hall–Kier alpha value is -0.690. The number of hydrogen-bond acceptors (Lipinski definition) is 5. The highest BCUT2D eigenvalue weighted by atomic mass is 16.3. The minimum Gasteiger partial charge on any atom is -0.395 e. The van der Waals surface area contributed by atoms with E-state index in [1.807, 2.05) is 4.90 Å². The Morgan fingerprint density at radius 2 is 2.11 bits per heavy atom. The molecule has 0 spiro atoms. The van der Waals surface area contributed by atoms with Crippen LogP contribution < -0.4 is 10.6 Å². The third-order valence-corrected chi connectivity index (χ3v) is 3.66. The van der Waals surface area contributed by atoms with Crippen molar-refractivity contribution in [2.75, 3.05) is 59.0 Å². The lowest BCUT2D eigenvalue weighted by atomic mass is 10.2. The molecule has 1 atom stereocenters. The molecule has 2 rings (SSSR count). The van der Waals surface area contributed by atoms with E-state index < -0.39 is 0 Å². The molecule has 2 aliphatic heterocycles. The van der Waals surface area contributed by atoms with Crippen molar-refractivity contribution in [3.8, 4) is 0 Å². The van der Waals surface area contributed by atoms with Crippen LogP contribution in [0.2, 0.25) is 0 Å². The molecule has 2 heterocycles. The van der Waals surface area contributed by atoms with Crippen molar-refractivity contribution in [2.24, 2.45) is 0 Å². The van der Waals surface area contributed by atoms with Crippen LogP contribution in [0, 0.1) is 0 Å². The SMILES string of the molecule is O=C(C1CNCCN1)N1CCCN(CCO)CC1. The number of carbonyl (C=O) groups is 1. The lowest BCUT2D eigenvalue weighted by Gasteiger charge is -2.29. The zero-order valence-electron chi connectivity index (χ0n) is 10.9. The molecule has 3 N–H and O–H groups in total. The van der Waals surface area contributed by atoms with Gasteiger partial charge in [0.15, 0.2) is 0 Å². The Morgan fingerprint density at radius 3 is 2.83 bits per heavy atom. The van der Waals surface area contributed by atoms with Crippen LogP contribution in [0.5, 0.6) is 0 Å². The fraction of sp³-hybridized carbons (Fsp3) is 0.917. The van der Waals surface area contributed by atoms with Gasteiger partial charge in [-0.3, -0.25) is 9.69 Å². The van der Waals surface area contributed by atoms with Crippen molar-refractivity contribution < 1.29 is 9.90 Å². The van der Waals surface area contributed by atoms with Gasteiger partial charge in [0.25, 0.3) is 0 Å². The summed E-state index contributed by atoms with van der Waals surface area (Å²) in [5.41, 5.74) is 0. The van der Waals surface area contributed by atoms with Crippen LogP contribution in [-0.2, 0) is 4.79 Å². The molecule has 104 valence electrons. The van der Waals surface area contributed by atoms with Crippen molar-refractivity contribution in [1.82, 2.24) is 20.4 Å². The minimum atomic E-state index is -0.0665. The van der Waals surface area contributed by atoms with E-state index in [0.29, 0.717) is 6.54 Å². The third kappa shape index (κ3) is 3.65. The third-order valence-electron chi connectivity index (χ3n) is 3.66. The standard InChI is InChI=1S/C12H24N4O2/c17-9-8-15-4-1-5-16(7-6-15)12(18)11-10-13-2-3-14-11/h11,13-14,17H,1-10H2. The first-order chi connectivity index (χ1) is 8.81. The Labute approximate surface area is 108 Å². The summed E-state index contributed by atoms with van der Waals surface area (Å²) in [6, 6.07) is -0.0665. The average molecular weight is 256 g/mol. The molecule has 0 aromatic rings. The molecule has 2 fully saturated rings. The molecule has 0 radical (unpaired) electrons. The maximum Gasteiger partial charge on any atom is 0.241 e. The Kier molecular flexibility index (Phi) is 5.37. The van der Waals surface area contributed by atoms with Crippen molar-refractivity contribution in [3.63, 3.8) is 0 Å². The summed E-state index contributed by atoms with van der Waals surface area (Å²) >= 11 is 0. The first kappa shape index (κ1) is 13.7. The highest BCUT2D eigenvalue weighted by molar-refractivity contribution is 5.82. The zero-order chi connectivity index (χ0) is 12.8. The van der Waals surface area contributed by atoms with Gasteiger partial charge in [-0.05, 0) is 13.0 Å². The molecule has 0 bridgehead atoms. The number of rotatable bonds is 3. The monoisotopic (exact) mass is 256 g/mol. The molecule has 1 amide bonds. The first-order valence-corrected chi connectivity index (χ1v) is 6.87. The van der Waals surface area contributed by atoms with Gasteiger partial charge in [0.2, 0.25) is 5.91 Å². The molecular formula is C12H24N4O2. The van der Waals surface area contributed by atoms with Crippen molar-refractivity contribution >= 4 is 5.91 Å². The van der Waals surface area contributed by atoms with Crippen molar-refractivity contribution in [1.29, 1.82) is 0 Å². The van der Waals surface area contributed by atoms with E-state index in [2.05, 4.69) is 15.5 Å². The number of nitrogens with zero attached hydrogens (tertiary/aromatic N) is 2. The normalized spacial score (nSPS) is 26.9. The summed E-state index contributed by atoms with van der Waals surface area (Å²) in [5.74, 6) is 0.216. The molecule has 2 saturated heterocycles. The molecule has 18 heavy (non-hydrogen) atoms. The number of aliphatic hydroxyl groups excluding tert-OH is 1. The maximum absolute atomic E-state index is 12.3. The summed E-state index contributed by atoms with van der Waals surface area (Å²) in [6.07, 6.45) is 0.992. The molecule has 2 aliphatic rings. The van der Waals surface area contributed by atoms with Crippen molar-refractivity contribution in [3.05, 3.63) is 0 Å². The minimum absolute atomic E-state index is 0.0665. The Morgan fingerprint density at radius 1 is 1.22 bits per heavy atom. The number of amides is 1. The topological polar surface area (TPSA) is 67.8 Å². The molecular weight excluding hydrogens is 232 g/mol. The summed E-state index contributed by atoms with van der Waals surface area (Å²) in [4.78, 5) is 16.5. The zero-order valence-corrected chi connectivity index (χ0v) is 10.9. The molecule has 6 heteroatoms. The molecule has 0 aromatic carbocycles. The Balaban J connectivity index is 1.82. The van der Waals surface area contributed by atoms with Crippen LogP contribution in [0.3, 0.4) is 0 Å². The van der Waals surface area contributed by atoms with Gasteiger partial charge >= 0.3 is 0 Å². The number of carbonyl (C=O) groups excluding carboxylic acids is 1. The molecule has 1 unspecified atom stereocenters. The largest absolute Gasteiger partial charge is 0.395 e. The maximum atomic E-state index is 12.3. The second kappa shape index (κ2) is 7.04. The number of β-amino-alcohol motifs (C(OH)–C–C–N with tert-alkyl or cyclic N) is 1. The number of piperazine rings is 1. The van der Waals surface area contributed by atoms with Crippen LogP contribution >= 0.6 is 0 Å². The second-order valence-corrected chi connectivity index (χ2v) is 4.95. The number of aliphatic hydroxyl groups is 1. The van der Waals surface area contributed by atoms with E-state index in [1.165, 1.54) is 0 Å². The van der Waals surface area contributed by atoms with Crippen LogP contribution in [0.15, 0.2) is 0 Å². The molecule has 0 aliphatic carbocycles. The summed E-state index contributed by atoms with van der Waals surface area (Å²) in [5, 5.41) is 15.5. The summed E-state index contributed by atoms with van der Waals surface area (Å²) in [6.45, 7) is 6.89. The molecule has 0 saturated carbocycles. The van der Waals surface area contributed by atoms with Crippen LogP contribution in [0.4, 0.5) is 0 Å². The van der Waals surface area contributed by atoms with Gasteiger partial charge in [-0.25, -0.2) is 0 Å². The number of hydrogen-bond donors (Lipinski definition) is 3. The smallest absolute Gasteiger partial charge is 0.241 e. The summed E-state index contributed by atoms with van der Waals surface area (Å²) in [7, 11) is 0. The van der Waals surface area contributed by atoms with Crippen molar-refractivity contribution in [2.45, 2.75) is 12.5 Å². The van der Waals surface area contributed by atoms with E-state index in [-0.39, 0.29) is 18.6 Å². The fourth-order valence-electron chi connectivity index (χ4n) is 2.60. The quantitative estimate of drug-likeness (QED) is 0.549. The predicted octanol–water partition coefficient (Wildman–Crippen LogP) is -1.93. The van der Waals surface area contributed by atoms with E-state index in [0.717, 1.165) is 52.2 Å². The molecule has 0 aromatic heterocycles. The highest BCUT2D eigenvalue weighted by Gasteiger charge is 2.26. The van der Waals surface area contributed by atoms with Gasteiger partial charge in [-0.1, -0.05) is 0 Å². The number of nitrogens with one attached hydrogen (secondary N) is 2. The van der Waals surface area contributed by atoms with Crippen LogP contribution in [0.25, 0.3) is 0 Å². The van der Waals surface area contributed by atoms with Gasteiger partial charge in [0.05, 0.1) is 12.6 Å². The first-order valence-electron chi connectivity index (χ1n) is 6.87. The fourth-order valence-corrected chi connectivity index (χ4v) is 2.60. The van der Waals surface area contributed by atoms with E-state index in [4.69, 9.17) is 5.11 Å². The molecule has 6 nitrogen and oxygen atoms in total. The lowest BCUT2D eigenvalue weighted by Crippen LogP contribution is -2.57. The second-order valence-electron chi connectivity index (χ2n) is 4.95. The van der Waals surface area contributed by atoms with E-state index >= 15 is 0 Å². The van der Waals surface area contributed by atoms with Crippen LogP contribution in [-0.4, -0.2) is 85.8 Å². The predicted molar refractivity (Wildman–Crippen MR) is 69.4 cm³/mol. The van der Waals surface area contributed by atoms with Gasteiger partial charge in [-0.15, -0.1) is 0 Å². The van der Waals surface area contributed by atoms with Gasteiger partial charge in [0, 0.05) is 45.8 Å². The van der Waals surface area contributed by atoms with Crippen LogP contribution in [0.1, 0.15) is 6.42 Å². The van der Waals surface area contributed by atoms with E-state index in [1.54, 1.807) is 0 Å². The highest BCUT2D eigenvalue weighted by Crippen LogP contribution is 2.05. The lowest BCUT2D eigenvalue weighted by molar-refractivity contribution is -0.133. The average Bonchev–Trinajstić information content (AvgIpc) is 2.65. The Bertz CT molecular complexity index is 269.